The Morgan fingerprint density at radius 1 is 0.783 bits per heavy atom. The van der Waals surface area contributed by atoms with Crippen molar-refractivity contribution in [3.8, 4) is 0 Å². The van der Waals surface area contributed by atoms with Gasteiger partial charge in [-0.3, -0.25) is 0 Å². The van der Waals surface area contributed by atoms with Gasteiger partial charge in [-0.25, -0.2) is 4.79 Å². The summed E-state index contributed by atoms with van der Waals surface area (Å²) in [4.78, 5) is 10.3. The Morgan fingerprint density at radius 3 is 1.74 bits per heavy atom. The van der Waals surface area contributed by atoms with Gasteiger partial charge in [0.1, 0.15) is 0 Å². The van der Waals surface area contributed by atoms with Crippen LogP contribution in [0.5, 0.6) is 0 Å². The molecule has 0 aliphatic heterocycles. The van der Waals surface area contributed by atoms with Crippen molar-refractivity contribution in [2.45, 2.75) is 83.3 Å². The molecule has 0 radical (unpaired) electrons. The standard InChI is InChI=1S/C18H32O5/c19-16(18(22)23)14-12-10-8-6-4-2-1-3-5-7-9-11-13-15-17(20)21/h10,12,14,17,19-21H,1-9,11,13,15H2,(H,22,23)/b12-10+,16-14-. The number of hydrogen-bond acceptors (Lipinski definition) is 4. The van der Waals surface area contributed by atoms with Crippen LogP contribution in [0.1, 0.15) is 77.0 Å². The number of aliphatic hydroxyl groups excluding tert-OH is 2. The van der Waals surface area contributed by atoms with Crippen molar-refractivity contribution in [3.05, 3.63) is 24.0 Å². The number of aliphatic hydroxyl groups is 3. The number of hydrogen-bond donors (Lipinski definition) is 4. The van der Waals surface area contributed by atoms with Crippen LogP contribution in [0.4, 0.5) is 0 Å². The zero-order valence-electron chi connectivity index (χ0n) is 14.0. The predicted molar refractivity (Wildman–Crippen MR) is 91.1 cm³/mol. The van der Waals surface area contributed by atoms with E-state index < -0.39 is 18.0 Å². The molecular weight excluding hydrogens is 296 g/mol. The molecule has 0 aromatic rings. The fourth-order valence-electron chi connectivity index (χ4n) is 2.33. The van der Waals surface area contributed by atoms with Gasteiger partial charge in [-0.05, 0) is 31.8 Å². The molecule has 0 rings (SSSR count). The predicted octanol–water partition coefficient (Wildman–Crippen LogP) is 4.06. The Bertz CT molecular complexity index is 347. The van der Waals surface area contributed by atoms with Crippen molar-refractivity contribution in [1.29, 1.82) is 0 Å². The summed E-state index contributed by atoms with van der Waals surface area (Å²) in [6, 6.07) is 0. The maximum Gasteiger partial charge on any atom is 0.370 e. The topological polar surface area (TPSA) is 98.0 Å². The molecule has 23 heavy (non-hydrogen) atoms. The highest BCUT2D eigenvalue weighted by molar-refractivity contribution is 5.83. The molecule has 0 spiro atoms. The van der Waals surface area contributed by atoms with Gasteiger partial charge in [0, 0.05) is 0 Å². The second-order valence-electron chi connectivity index (χ2n) is 5.88. The van der Waals surface area contributed by atoms with E-state index in [0.29, 0.717) is 6.42 Å². The molecule has 0 saturated heterocycles. The van der Waals surface area contributed by atoms with Gasteiger partial charge in [-0.1, -0.05) is 63.5 Å². The van der Waals surface area contributed by atoms with E-state index in [2.05, 4.69) is 0 Å². The number of rotatable bonds is 15. The molecular formula is C18H32O5. The molecule has 0 heterocycles. The lowest BCUT2D eigenvalue weighted by Crippen LogP contribution is -2.02. The van der Waals surface area contributed by atoms with Crippen LogP contribution < -0.4 is 0 Å². The lowest BCUT2D eigenvalue weighted by molar-refractivity contribution is -0.135. The van der Waals surface area contributed by atoms with Crippen LogP contribution in [-0.4, -0.2) is 32.7 Å². The number of carboxylic acid groups (broad SMARTS) is 1. The van der Waals surface area contributed by atoms with E-state index in [1.807, 2.05) is 6.08 Å². The fraction of sp³-hybridized carbons (Fsp3) is 0.722. The first kappa shape index (κ1) is 21.7. The van der Waals surface area contributed by atoms with Gasteiger partial charge < -0.3 is 20.4 Å². The molecule has 0 amide bonds. The van der Waals surface area contributed by atoms with Gasteiger partial charge >= 0.3 is 5.97 Å². The van der Waals surface area contributed by atoms with Crippen LogP contribution in [0, 0.1) is 0 Å². The van der Waals surface area contributed by atoms with E-state index in [1.54, 1.807) is 6.08 Å². The Hall–Kier alpha value is -1.33. The van der Waals surface area contributed by atoms with E-state index >= 15 is 0 Å². The Morgan fingerprint density at radius 2 is 1.26 bits per heavy atom. The minimum Gasteiger partial charge on any atom is -0.502 e. The van der Waals surface area contributed by atoms with E-state index in [1.165, 1.54) is 51.0 Å². The van der Waals surface area contributed by atoms with Crippen LogP contribution in [0.25, 0.3) is 0 Å². The molecule has 0 fully saturated rings. The van der Waals surface area contributed by atoms with Gasteiger partial charge in [-0.15, -0.1) is 0 Å². The number of carboxylic acids is 1. The normalized spacial score (nSPS) is 12.4. The van der Waals surface area contributed by atoms with Crippen molar-refractivity contribution >= 4 is 5.97 Å². The molecule has 0 aliphatic carbocycles. The average molecular weight is 328 g/mol. The minimum absolute atomic E-state index is 0.486. The summed E-state index contributed by atoms with van der Waals surface area (Å²) in [5, 5.41) is 34.8. The third-order valence-electron chi connectivity index (χ3n) is 3.69. The first-order chi connectivity index (χ1) is 11.0. The molecule has 0 aromatic carbocycles. The average Bonchev–Trinajstić information content (AvgIpc) is 2.50. The highest BCUT2D eigenvalue weighted by Gasteiger charge is 1.99. The first-order valence-corrected chi connectivity index (χ1v) is 8.69. The number of allylic oxidation sites excluding steroid dienone is 3. The van der Waals surface area contributed by atoms with E-state index in [-0.39, 0.29) is 0 Å². The largest absolute Gasteiger partial charge is 0.502 e. The summed E-state index contributed by atoms with van der Waals surface area (Å²) >= 11 is 0. The molecule has 0 unspecified atom stereocenters. The SMILES string of the molecule is O=C(O)/C(O)=C/C=C/CCCCCCCCCCCCC(O)O. The lowest BCUT2D eigenvalue weighted by Gasteiger charge is -2.03. The molecule has 5 nitrogen and oxygen atoms in total. The highest BCUT2D eigenvalue weighted by Crippen LogP contribution is 2.12. The number of unbranched alkanes of at least 4 members (excludes halogenated alkanes) is 10. The summed E-state index contributed by atoms with van der Waals surface area (Å²) in [6.45, 7) is 0. The van der Waals surface area contributed by atoms with Crippen molar-refractivity contribution in [3.63, 3.8) is 0 Å². The van der Waals surface area contributed by atoms with Crippen LogP contribution >= 0.6 is 0 Å². The molecule has 0 saturated carbocycles. The second kappa shape index (κ2) is 15.6. The summed E-state index contributed by atoms with van der Waals surface area (Å²) in [5.41, 5.74) is 0. The zero-order chi connectivity index (χ0) is 17.3. The Balaban J connectivity index is 3.24. The zero-order valence-corrected chi connectivity index (χ0v) is 14.0. The van der Waals surface area contributed by atoms with Crippen LogP contribution in [-0.2, 0) is 4.79 Å². The summed E-state index contributed by atoms with van der Waals surface area (Å²) in [7, 11) is 0. The van der Waals surface area contributed by atoms with E-state index in [4.69, 9.17) is 20.4 Å². The van der Waals surface area contributed by atoms with E-state index in [9.17, 15) is 4.79 Å². The van der Waals surface area contributed by atoms with Crippen molar-refractivity contribution in [2.75, 3.05) is 0 Å². The van der Waals surface area contributed by atoms with Gasteiger partial charge in [0.15, 0.2) is 6.29 Å². The fourth-order valence-corrected chi connectivity index (χ4v) is 2.33. The molecule has 0 aromatic heterocycles. The molecule has 5 heteroatoms. The highest BCUT2D eigenvalue weighted by atomic mass is 16.5. The molecule has 0 bridgehead atoms. The molecule has 134 valence electrons. The number of carbonyl (C=O) groups is 1. The quantitative estimate of drug-likeness (QED) is 0.119. The van der Waals surface area contributed by atoms with Crippen molar-refractivity contribution < 1.29 is 25.2 Å². The third kappa shape index (κ3) is 16.9. The second-order valence-corrected chi connectivity index (χ2v) is 5.88. The molecule has 0 atom stereocenters. The van der Waals surface area contributed by atoms with Crippen molar-refractivity contribution in [2.24, 2.45) is 0 Å². The van der Waals surface area contributed by atoms with Crippen LogP contribution in [0.2, 0.25) is 0 Å². The van der Waals surface area contributed by atoms with E-state index in [0.717, 1.165) is 25.7 Å². The smallest absolute Gasteiger partial charge is 0.370 e. The summed E-state index contributed by atoms with van der Waals surface area (Å²) in [6.07, 6.45) is 16.5. The molecule has 4 N–H and O–H groups in total. The Kier molecular flexibility index (Phi) is 14.7. The van der Waals surface area contributed by atoms with Crippen LogP contribution in [0.15, 0.2) is 24.0 Å². The lowest BCUT2D eigenvalue weighted by atomic mass is 10.0. The first-order valence-electron chi connectivity index (χ1n) is 8.69. The monoisotopic (exact) mass is 328 g/mol. The van der Waals surface area contributed by atoms with Gasteiger partial charge in [0.05, 0.1) is 0 Å². The summed E-state index contributed by atoms with van der Waals surface area (Å²) in [5.74, 6) is -1.94. The summed E-state index contributed by atoms with van der Waals surface area (Å²) < 4.78 is 0. The van der Waals surface area contributed by atoms with Gasteiger partial charge in [0.25, 0.3) is 0 Å². The van der Waals surface area contributed by atoms with Crippen molar-refractivity contribution in [1.82, 2.24) is 0 Å². The minimum atomic E-state index is -1.30. The molecule has 0 aliphatic rings. The van der Waals surface area contributed by atoms with Gasteiger partial charge in [-0.2, -0.15) is 0 Å². The third-order valence-corrected chi connectivity index (χ3v) is 3.69. The van der Waals surface area contributed by atoms with Gasteiger partial charge in [0.2, 0.25) is 5.76 Å². The maximum absolute atomic E-state index is 10.3. The maximum atomic E-state index is 10.3. The van der Waals surface area contributed by atoms with Crippen LogP contribution in [0.3, 0.4) is 0 Å². The number of aliphatic carboxylic acids is 1. The Labute approximate surface area is 139 Å².